The first kappa shape index (κ1) is 20.7. The average Bonchev–Trinajstić information content (AvgIpc) is 2.82. The van der Waals surface area contributed by atoms with Crippen LogP contribution in [-0.4, -0.2) is 37.6 Å². The molecule has 2 aromatic carbocycles. The van der Waals surface area contributed by atoms with E-state index in [0.29, 0.717) is 22.7 Å². The predicted octanol–water partition coefficient (Wildman–Crippen LogP) is 4.39. The van der Waals surface area contributed by atoms with Crippen molar-refractivity contribution < 1.29 is 14.3 Å². The zero-order chi connectivity index (χ0) is 21.5. The van der Waals surface area contributed by atoms with Crippen molar-refractivity contribution in [2.24, 2.45) is 10.2 Å². The summed E-state index contributed by atoms with van der Waals surface area (Å²) in [6.45, 7) is 5.47. The Labute approximate surface area is 175 Å². The monoisotopic (exact) mass is 402 g/mol. The molecule has 3 rings (SSSR count). The maximum Gasteiger partial charge on any atom is 0.337 e. The van der Waals surface area contributed by atoms with Crippen molar-refractivity contribution in [1.29, 1.82) is 0 Å². The van der Waals surface area contributed by atoms with Crippen molar-refractivity contribution in [2.45, 2.75) is 6.92 Å². The van der Waals surface area contributed by atoms with Crippen LogP contribution in [0.25, 0.3) is 11.1 Å². The lowest BCUT2D eigenvalue weighted by Crippen LogP contribution is -2.12. The fraction of sp³-hybridized carbons (Fsp3) is 0.130. The zero-order valence-corrected chi connectivity index (χ0v) is 17.1. The van der Waals surface area contributed by atoms with Crippen LogP contribution in [0.3, 0.4) is 0 Å². The van der Waals surface area contributed by atoms with E-state index in [1.54, 1.807) is 31.5 Å². The van der Waals surface area contributed by atoms with Crippen molar-refractivity contribution in [3.05, 3.63) is 78.1 Å². The van der Waals surface area contributed by atoms with E-state index in [0.717, 1.165) is 16.8 Å². The minimum absolute atomic E-state index is 0.395. The van der Waals surface area contributed by atoms with Gasteiger partial charge < -0.3 is 9.47 Å². The Kier molecular flexibility index (Phi) is 6.54. The summed E-state index contributed by atoms with van der Waals surface area (Å²) in [5.41, 5.74) is 4.22. The number of pyridine rings is 1. The second-order valence-electron chi connectivity index (χ2n) is 6.29. The fourth-order valence-corrected chi connectivity index (χ4v) is 2.92. The Morgan fingerprint density at radius 3 is 2.57 bits per heavy atom. The van der Waals surface area contributed by atoms with Crippen LogP contribution in [-0.2, 0) is 4.74 Å². The summed E-state index contributed by atoms with van der Waals surface area (Å²) in [4.78, 5) is 16.1. The molecule has 152 valence electrons. The second kappa shape index (κ2) is 9.47. The lowest BCUT2D eigenvalue weighted by atomic mass is 10.0. The number of ether oxygens (including phenoxy) is 2. The Bertz CT molecular complexity index is 1080. The van der Waals surface area contributed by atoms with Gasteiger partial charge in [0.2, 0.25) is 0 Å². The van der Waals surface area contributed by atoms with Gasteiger partial charge >= 0.3 is 5.97 Å². The van der Waals surface area contributed by atoms with Gasteiger partial charge in [0.1, 0.15) is 5.75 Å². The zero-order valence-electron chi connectivity index (χ0n) is 17.1. The molecule has 1 aromatic heterocycles. The number of carbonyl (C=O) groups is 1. The van der Waals surface area contributed by atoms with Gasteiger partial charge in [-0.1, -0.05) is 18.2 Å². The van der Waals surface area contributed by atoms with Crippen molar-refractivity contribution >= 4 is 24.1 Å². The number of esters is 1. The molecule has 0 aliphatic rings. The molecule has 0 amide bonds. The molecule has 1 heterocycles. The third-order valence-corrected chi connectivity index (χ3v) is 4.42. The predicted molar refractivity (Wildman–Crippen MR) is 118 cm³/mol. The van der Waals surface area contributed by atoms with Gasteiger partial charge in [-0.25, -0.2) is 4.79 Å². The molecule has 0 bridgehead atoms. The van der Waals surface area contributed by atoms with Crippen LogP contribution < -0.4 is 9.85 Å². The van der Waals surface area contributed by atoms with Gasteiger partial charge in [0.25, 0.3) is 0 Å². The lowest BCUT2D eigenvalue weighted by molar-refractivity contribution is 0.0601. The first-order chi connectivity index (χ1) is 14.6. The van der Waals surface area contributed by atoms with E-state index in [2.05, 4.69) is 21.9 Å². The molecule has 3 aromatic rings. The lowest BCUT2D eigenvalue weighted by Gasteiger charge is -2.17. The minimum atomic E-state index is -0.395. The van der Waals surface area contributed by atoms with Gasteiger partial charge in [-0.2, -0.15) is 15.3 Å². The van der Waals surface area contributed by atoms with E-state index in [1.165, 1.54) is 12.2 Å². The van der Waals surface area contributed by atoms with Gasteiger partial charge in [0.15, 0.2) is 0 Å². The third kappa shape index (κ3) is 4.52. The Balaban J connectivity index is 1.97. The molecule has 0 fully saturated rings. The Morgan fingerprint density at radius 2 is 1.90 bits per heavy atom. The number of anilines is 1. The molecule has 0 saturated carbocycles. The average molecular weight is 402 g/mol. The van der Waals surface area contributed by atoms with Crippen LogP contribution in [0.1, 0.15) is 23.0 Å². The summed E-state index contributed by atoms with van der Waals surface area (Å²) in [6, 6.07) is 18.3. The first-order valence-electron chi connectivity index (χ1n) is 9.17. The largest absolute Gasteiger partial charge is 0.496 e. The van der Waals surface area contributed by atoms with Crippen LogP contribution in [0, 0.1) is 0 Å². The summed E-state index contributed by atoms with van der Waals surface area (Å²) in [5, 5.41) is 9.92. The van der Waals surface area contributed by atoms with Gasteiger partial charge in [-0.05, 0) is 48.9 Å². The molecule has 0 saturated heterocycles. The maximum absolute atomic E-state index is 11.9. The summed E-state index contributed by atoms with van der Waals surface area (Å²) in [5.74, 6) is 0.211. The molecule has 0 radical (unpaired) electrons. The molecule has 0 spiro atoms. The van der Waals surface area contributed by atoms with E-state index in [-0.39, 0.29) is 0 Å². The molecule has 7 heteroatoms. The molecule has 7 nitrogen and oxygen atoms in total. The molecule has 0 aliphatic heterocycles. The minimum Gasteiger partial charge on any atom is -0.496 e. The highest BCUT2D eigenvalue weighted by molar-refractivity contribution is 5.97. The van der Waals surface area contributed by atoms with E-state index in [9.17, 15) is 4.79 Å². The highest BCUT2D eigenvalue weighted by Gasteiger charge is 2.13. The Morgan fingerprint density at radius 1 is 1.07 bits per heavy atom. The van der Waals surface area contributed by atoms with Crippen LogP contribution in [0.15, 0.2) is 77.1 Å². The number of benzene rings is 2. The van der Waals surface area contributed by atoms with Crippen LogP contribution >= 0.6 is 0 Å². The van der Waals surface area contributed by atoms with E-state index < -0.39 is 5.97 Å². The van der Waals surface area contributed by atoms with Gasteiger partial charge in [-0.3, -0.25) is 4.98 Å². The number of rotatable bonds is 7. The summed E-state index contributed by atoms with van der Waals surface area (Å²) >= 11 is 0. The number of hydrogen-bond acceptors (Lipinski definition) is 7. The van der Waals surface area contributed by atoms with Crippen LogP contribution in [0.5, 0.6) is 5.75 Å². The molecule has 0 atom stereocenters. The SMILES string of the molecule is C=NN(/N=C(\C)c1ccccn1)c1ccc(-c2cccc(C(=O)OC)c2)c(OC)c1. The van der Waals surface area contributed by atoms with Crippen molar-refractivity contribution in [1.82, 2.24) is 4.98 Å². The van der Waals surface area contributed by atoms with Crippen LogP contribution in [0.4, 0.5) is 5.69 Å². The van der Waals surface area contributed by atoms with Gasteiger partial charge in [0, 0.05) is 24.5 Å². The molecule has 0 N–H and O–H groups in total. The van der Waals surface area contributed by atoms with Crippen LogP contribution in [0.2, 0.25) is 0 Å². The van der Waals surface area contributed by atoms with Gasteiger partial charge in [-0.15, -0.1) is 0 Å². The summed E-state index contributed by atoms with van der Waals surface area (Å²) < 4.78 is 10.4. The highest BCUT2D eigenvalue weighted by atomic mass is 16.5. The number of carbonyl (C=O) groups excluding carboxylic acids is 1. The molecule has 0 aliphatic carbocycles. The highest BCUT2D eigenvalue weighted by Crippen LogP contribution is 2.34. The second-order valence-corrected chi connectivity index (χ2v) is 6.29. The van der Waals surface area contributed by atoms with Crippen molar-refractivity contribution in [3.8, 4) is 16.9 Å². The third-order valence-electron chi connectivity index (χ3n) is 4.42. The topological polar surface area (TPSA) is 76.4 Å². The number of hydrogen-bond donors (Lipinski definition) is 0. The first-order valence-corrected chi connectivity index (χ1v) is 9.17. The fourth-order valence-electron chi connectivity index (χ4n) is 2.92. The molecule has 30 heavy (non-hydrogen) atoms. The number of nitrogens with zero attached hydrogens (tertiary/aromatic N) is 4. The van der Waals surface area contributed by atoms with Crippen molar-refractivity contribution in [3.63, 3.8) is 0 Å². The smallest absolute Gasteiger partial charge is 0.337 e. The van der Waals surface area contributed by atoms with E-state index >= 15 is 0 Å². The summed E-state index contributed by atoms with van der Waals surface area (Å²) in [6.07, 6.45) is 1.71. The number of hydrazone groups is 2. The van der Waals surface area contributed by atoms with E-state index in [4.69, 9.17) is 9.47 Å². The molecular formula is C23H22N4O3. The summed E-state index contributed by atoms with van der Waals surface area (Å²) in [7, 11) is 2.94. The quantitative estimate of drug-likeness (QED) is 0.333. The van der Waals surface area contributed by atoms with E-state index in [1.807, 2.05) is 49.4 Å². The molecule has 0 unspecified atom stereocenters. The van der Waals surface area contributed by atoms with Gasteiger partial charge in [0.05, 0.1) is 36.9 Å². The normalized spacial score (nSPS) is 11.0. The van der Waals surface area contributed by atoms with Crippen molar-refractivity contribution in [2.75, 3.05) is 19.3 Å². The standard InChI is InChI=1S/C23H22N4O3/c1-16(21-10-5-6-13-25-21)26-27(24-2)19-11-12-20(22(15-19)29-3)17-8-7-9-18(14-17)23(28)30-4/h5-15H,2H2,1,3-4H3/b26-16+. The molecular weight excluding hydrogens is 380 g/mol. The Hall–Kier alpha value is -4.00. The number of methoxy groups -OCH3 is 2. The number of aromatic nitrogens is 1. The maximum atomic E-state index is 11.9.